The Morgan fingerprint density at radius 2 is 1.60 bits per heavy atom. The van der Waals surface area contributed by atoms with Gasteiger partial charge in [0.15, 0.2) is 0 Å². The quantitative estimate of drug-likeness (QED) is 0.704. The van der Waals surface area contributed by atoms with Crippen LogP contribution in [0.4, 0.5) is 11.8 Å². The lowest BCUT2D eigenvalue weighted by molar-refractivity contribution is 0.0746. The Labute approximate surface area is 177 Å². The summed E-state index contributed by atoms with van der Waals surface area (Å²) < 4.78 is 0. The van der Waals surface area contributed by atoms with E-state index in [1.807, 2.05) is 67.3 Å². The van der Waals surface area contributed by atoms with Crippen molar-refractivity contribution in [2.75, 3.05) is 42.9 Å². The molecular formula is C24H27N5O. The zero-order chi connectivity index (χ0) is 20.9. The van der Waals surface area contributed by atoms with Crippen LogP contribution in [-0.4, -0.2) is 53.5 Å². The van der Waals surface area contributed by atoms with E-state index in [1.54, 1.807) is 0 Å². The number of nitrogens with one attached hydrogen (secondary N) is 1. The summed E-state index contributed by atoms with van der Waals surface area (Å²) >= 11 is 0. The second-order valence-electron chi connectivity index (χ2n) is 7.44. The summed E-state index contributed by atoms with van der Waals surface area (Å²) in [6.07, 6.45) is 0. The third kappa shape index (κ3) is 4.43. The average Bonchev–Trinajstić information content (AvgIpc) is 2.79. The second-order valence-corrected chi connectivity index (χ2v) is 7.44. The minimum Gasteiger partial charge on any atom is -0.354 e. The molecule has 0 unspecified atom stereocenters. The van der Waals surface area contributed by atoms with E-state index in [0.717, 1.165) is 47.8 Å². The van der Waals surface area contributed by atoms with Crippen LogP contribution >= 0.6 is 0 Å². The van der Waals surface area contributed by atoms with E-state index in [4.69, 9.17) is 0 Å². The molecule has 1 fully saturated rings. The number of aryl methyl sites for hydroxylation is 1. The molecule has 0 bridgehead atoms. The highest BCUT2D eigenvalue weighted by Gasteiger charge is 2.23. The van der Waals surface area contributed by atoms with Crippen LogP contribution in [-0.2, 0) is 0 Å². The van der Waals surface area contributed by atoms with Crippen molar-refractivity contribution in [3.8, 4) is 11.1 Å². The molecule has 3 aromatic rings. The molecule has 0 radical (unpaired) electrons. The van der Waals surface area contributed by atoms with E-state index in [0.29, 0.717) is 19.0 Å². The Morgan fingerprint density at radius 3 is 2.27 bits per heavy atom. The summed E-state index contributed by atoms with van der Waals surface area (Å²) in [6.45, 7) is 7.67. The maximum Gasteiger partial charge on any atom is 0.253 e. The maximum atomic E-state index is 13.0. The predicted molar refractivity (Wildman–Crippen MR) is 121 cm³/mol. The molecule has 2 heterocycles. The Balaban J connectivity index is 1.40. The normalized spacial score (nSPS) is 13.9. The molecule has 1 amide bonds. The zero-order valence-electron chi connectivity index (χ0n) is 17.5. The number of hydrogen-bond acceptors (Lipinski definition) is 5. The molecule has 2 aromatic carbocycles. The average molecular weight is 402 g/mol. The molecule has 4 rings (SSSR count). The Kier molecular flexibility index (Phi) is 5.93. The lowest BCUT2D eigenvalue weighted by atomic mass is 10.0. The van der Waals surface area contributed by atoms with E-state index in [1.165, 1.54) is 0 Å². The number of amides is 1. The number of hydrogen-bond donors (Lipinski definition) is 1. The van der Waals surface area contributed by atoms with Gasteiger partial charge in [0.25, 0.3) is 5.91 Å². The van der Waals surface area contributed by atoms with Gasteiger partial charge in [-0.05, 0) is 37.1 Å². The van der Waals surface area contributed by atoms with Gasteiger partial charge in [-0.15, -0.1) is 0 Å². The number of carbonyl (C=O) groups excluding carboxylic acids is 1. The summed E-state index contributed by atoms with van der Waals surface area (Å²) in [5.41, 5.74) is 3.94. The second kappa shape index (κ2) is 8.95. The summed E-state index contributed by atoms with van der Waals surface area (Å²) in [4.78, 5) is 26.1. The monoisotopic (exact) mass is 401 g/mol. The molecule has 0 atom stereocenters. The molecule has 154 valence electrons. The minimum atomic E-state index is 0.0847. The van der Waals surface area contributed by atoms with Crippen molar-refractivity contribution in [1.82, 2.24) is 14.9 Å². The molecule has 6 heteroatoms. The number of benzene rings is 2. The number of rotatable bonds is 5. The Bertz CT molecular complexity index is 996. The van der Waals surface area contributed by atoms with Crippen LogP contribution in [0.3, 0.4) is 0 Å². The molecule has 0 saturated carbocycles. The molecule has 30 heavy (non-hydrogen) atoms. The maximum absolute atomic E-state index is 13.0. The van der Waals surface area contributed by atoms with Gasteiger partial charge in [-0.3, -0.25) is 4.79 Å². The van der Waals surface area contributed by atoms with Crippen molar-refractivity contribution in [3.05, 3.63) is 71.9 Å². The van der Waals surface area contributed by atoms with Crippen molar-refractivity contribution >= 4 is 17.7 Å². The van der Waals surface area contributed by atoms with Crippen molar-refractivity contribution in [1.29, 1.82) is 0 Å². The van der Waals surface area contributed by atoms with Crippen molar-refractivity contribution in [3.63, 3.8) is 0 Å². The van der Waals surface area contributed by atoms with Gasteiger partial charge >= 0.3 is 0 Å². The standard InChI is InChI=1S/C24H27N5O/c1-3-25-24-26-18(2)17-22(27-24)28-13-15-29(16-14-28)23(30)21-11-9-20(10-12-21)19-7-5-4-6-8-19/h4-12,17H,3,13-16H2,1-2H3,(H,25,26,27). The van der Waals surface area contributed by atoms with Gasteiger partial charge in [-0.25, -0.2) is 4.98 Å². The first kappa shape index (κ1) is 19.9. The largest absolute Gasteiger partial charge is 0.354 e. The summed E-state index contributed by atoms with van der Waals surface area (Å²) in [6, 6.07) is 20.1. The SMILES string of the molecule is CCNc1nc(C)cc(N2CCN(C(=O)c3ccc(-c4ccccc4)cc3)CC2)n1. The number of aromatic nitrogens is 2. The van der Waals surface area contributed by atoms with Gasteiger partial charge in [-0.1, -0.05) is 42.5 Å². The third-order valence-corrected chi connectivity index (χ3v) is 5.31. The molecule has 6 nitrogen and oxygen atoms in total. The molecule has 1 saturated heterocycles. The van der Waals surface area contributed by atoms with Gasteiger partial charge in [0.2, 0.25) is 5.95 Å². The molecule has 0 spiro atoms. The zero-order valence-corrected chi connectivity index (χ0v) is 17.5. The van der Waals surface area contributed by atoms with Crippen LogP contribution in [0.1, 0.15) is 23.0 Å². The van der Waals surface area contributed by atoms with Crippen LogP contribution in [0.2, 0.25) is 0 Å². The lowest BCUT2D eigenvalue weighted by Crippen LogP contribution is -2.49. The highest BCUT2D eigenvalue weighted by atomic mass is 16.2. The smallest absolute Gasteiger partial charge is 0.253 e. The lowest BCUT2D eigenvalue weighted by Gasteiger charge is -2.35. The van der Waals surface area contributed by atoms with Gasteiger partial charge in [-0.2, -0.15) is 4.98 Å². The Morgan fingerprint density at radius 1 is 0.933 bits per heavy atom. The molecule has 1 aromatic heterocycles. The molecule has 1 N–H and O–H groups in total. The molecule has 1 aliphatic rings. The highest BCUT2D eigenvalue weighted by molar-refractivity contribution is 5.95. The number of piperazine rings is 1. The van der Waals surface area contributed by atoms with E-state index in [9.17, 15) is 4.79 Å². The fourth-order valence-electron chi connectivity index (χ4n) is 3.71. The van der Waals surface area contributed by atoms with Crippen molar-refractivity contribution < 1.29 is 4.79 Å². The molecule has 1 aliphatic heterocycles. The van der Waals surface area contributed by atoms with Crippen LogP contribution in [0.5, 0.6) is 0 Å². The molecule has 0 aliphatic carbocycles. The Hall–Kier alpha value is -3.41. The predicted octanol–water partition coefficient (Wildman–Crippen LogP) is 3.85. The van der Waals surface area contributed by atoms with Gasteiger partial charge in [0.1, 0.15) is 5.82 Å². The third-order valence-electron chi connectivity index (χ3n) is 5.31. The fourth-order valence-corrected chi connectivity index (χ4v) is 3.71. The first-order valence-electron chi connectivity index (χ1n) is 10.4. The first-order chi connectivity index (χ1) is 14.6. The first-order valence-corrected chi connectivity index (χ1v) is 10.4. The number of nitrogens with zero attached hydrogens (tertiary/aromatic N) is 4. The summed E-state index contributed by atoms with van der Waals surface area (Å²) in [5, 5.41) is 3.18. The van der Waals surface area contributed by atoms with Crippen LogP contribution in [0.15, 0.2) is 60.7 Å². The number of carbonyl (C=O) groups is 1. The summed E-state index contributed by atoms with van der Waals surface area (Å²) in [5.74, 6) is 1.66. The van der Waals surface area contributed by atoms with Crippen molar-refractivity contribution in [2.24, 2.45) is 0 Å². The van der Waals surface area contributed by atoms with E-state index in [2.05, 4.69) is 32.3 Å². The van der Waals surface area contributed by atoms with Gasteiger partial charge < -0.3 is 15.1 Å². The van der Waals surface area contributed by atoms with Crippen molar-refractivity contribution in [2.45, 2.75) is 13.8 Å². The van der Waals surface area contributed by atoms with E-state index in [-0.39, 0.29) is 5.91 Å². The highest BCUT2D eigenvalue weighted by Crippen LogP contribution is 2.21. The van der Waals surface area contributed by atoms with Crippen LogP contribution in [0.25, 0.3) is 11.1 Å². The molecular weight excluding hydrogens is 374 g/mol. The van der Waals surface area contributed by atoms with E-state index < -0.39 is 0 Å². The van der Waals surface area contributed by atoms with Gasteiger partial charge in [0.05, 0.1) is 0 Å². The minimum absolute atomic E-state index is 0.0847. The van der Waals surface area contributed by atoms with Crippen LogP contribution in [0, 0.1) is 6.92 Å². The van der Waals surface area contributed by atoms with Crippen LogP contribution < -0.4 is 10.2 Å². The van der Waals surface area contributed by atoms with Gasteiger partial charge in [0, 0.05) is 50.0 Å². The topological polar surface area (TPSA) is 61.4 Å². The summed E-state index contributed by atoms with van der Waals surface area (Å²) in [7, 11) is 0. The van der Waals surface area contributed by atoms with E-state index >= 15 is 0 Å². The fraction of sp³-hybridized carbons (Fsp3) is 0.292. The number of anilines is 2.